The fourth-order valence-electron chi connectivity index (χ4n) is 3.13. The first-order valence-corrected chi connectivity index (χ1v) is 9.87. The Balaban J connectivity index is 1.76. The second kappa shape index (κ2) is 7.48. The van der Waals surface area contributed by atoms with Crippen molar-refractivity contribution in [3.63, 3.8) is 0 Å². The Labute approximate surface area is 136 Å². The lowest BCUT2D eigenvalue weighted by Crippen LogP contribution is -2.27. The zero-order chi connectivity index (χ0) is 14.5. The van der Waals surface area contributed by atoms with Crippen LogP contribution >= 0.6 is 23.1 Å². The van der Waals surface area contributed by atoms with E-state index in [0.717, 1.165) is 6.54 Å². The molecule has 1 aromatic carbocycles. The minimum atomic E-state index is 0.618. The van der Waals surface area contributed by atoms with Gasteiger partial charge in [0.1, 0.15) is 0 Å². The summed E-state index contributed by atoms with van der Waals surface area (Å²) < 4.78 is 0. The van der Waals surface area contributed by atoms with E-state index in [4.69, 9.17) is 0 Å². The number of thioether (sulfide) groups is 1. The fraction of sp³-hybridized carbons (Fsp3) is 0.444. The molecule has 0 N–H and O–H groups in total. The van der Waals surface area contributed by atoms with Gasteiger partial charge in [-0.2, -0.15) is 0 Å². The van der Waals surface area contributed by atoms with Crippen LogP contribution in [0.25, 0.3) is 0 Å². The maximum Gasteiger partial charge on any atom is 0.0445 e. The highest BCUT2D eigenvalue weighted by Gasteiger charge is 2.23. The molecule has 1 nitrogen and oxygen atoms in total. The van der Waals surface area contributed by atoms with Gasteiger partial charge < -0.3 is 0 Å². The molecule has 0 spiro atoms. The topological polar surface area (TPSA) is 3.24 Å². The van der Waals surface area contributed by atoms with Crippen molar-refractivity contribution in [3.8, 4) is 0 Å². The molecular formula is C18H23NS2. The van der Waals surface area contributed by atoms with Gasteiger partial charge in [0.05, 0.1) is 0 Å². The minimum absolute atomic E-state index is 0.618. The highest BCUT2D eigenvalue weighted by Crippen LogP contribution is 2.33. The van der Waals surface area contributed by atoms with E-state index in [9.17, 15) is 0 Å². The van der Waals surface area contributed by atoms with Crippen LogP contribution in [-0.2, 0) is 6.54 Å². The lowest BCUT2D eigenvalue weighted by atomic mass is 10.1. The van der Waals surface area contributed by atoms with Crippen LogP contribution in [0.1, 0.15) is 42.2 Å². The summed E-state index contributed by atoms with van der Waals surface area (Å²) in [5, 5.41) is 2.21. The molecular weight excluding hydrogens is 294 g/mol. The molecule has 1 saturated heterocycles. The summed E-state index contributed by atoms with van der Waals surface area (Å²) in [6.07, 6.45) is 7.53. The molecule has 0 unspecified atom stereocenters. The lowest BCUT2D eigenvalue weighted by molar-refractivity contribution is 0.195. The lowest BCUT2D eigenvalue weighted by Gasteiger charge is -2.29. The first-order valence-electron chi connectivity index (χ1n) is 7.77. The van der Waals surface area contributed by atoms with Crippen LogP contribution in [0.15, 0.2) is 46.7 Å². The van der Waals surface area contributed by atoms with Crippen molar-refractivity contribution in [3.05, 3.63) is 52.2 Å². The number of benzene rings is 1. The first kappa shape index (κ1) is 15.1. The molecule has 1 aliphatic rings. The molecule has 112 valence electrons. The van der Waals surface area contributed by atoms with E-state index in [1.807, 2.05) is 23.1 Å². The molecule has 0 aliphatic carbocycles. The maximum atomic E-state index is 2.69. The molecule has 21 heavy (non-hydrogen) atoms. The Hall–Kier alpha value is -0.770. The van der Waals surface area contributed by atoms with Gasteiger partial charge in [-0.25, -0.2) is 0 Å². The number of hydrogen-bond donors (Lipinski definition) is 0. The quantitative estimate of drug-likeness (QED) is 0.676. The molecule has 2 heterocycles. The molecule has 3 rings (SSSR count). The van der Waals surface area contributed by atoms with Crippen LogP contribution in [0.2, 0.25) is 0 Å². The number of likely N-dealkylation sites (tertiary alicyclic amines) is 1. The predicted octanol–water partition coefficient (Wildman–Crippen LogP) is 5.59. The molecule has 0 amide bonds. The first-order chi connectivity index (χ1) is 10.4. The van der Waals surface area contributed by atoms with Crippen LogP contribution in [0.5, 0.6) is 0 Å². The van der Waals surface area contributed by atoms with Gasteiger partial charge in [0.2, 0.25) is 0 Å². The number of nitrogens with zero attached hydrogens (tertiary/aromatic N) is 1. The van der Waals surface area contributed by atoms with Crippen molar-refractivity contribution in [2.24, 2.45) is 0 Å². The molecule has 0 radical (unpaired) electrons. The smallest absolute Gasteiger partial charge is 0.0445 e. The monoisotopic (exact) mass is 317 g/mol. The van der Waals surface area contributed by atoms with Gasteiger partial charge in [0, 0.05) is 22.4 Å². The van der Waals surface area contributed by atoms with Crippen LogP contribution in [0.4, 0.5) is 0 Å². The summed E-state index contributed by atoms with van der Waals surface area (Å²) >= 11 is 3.73. The van der Waals surface area contributed by atoms with Gasteiger partial charge in [-0.15, -0.1) is 23.1 Å². The van der Waals surface area contributed by atoms with Crippen molar-refractivity contribution in [2.45, 2.75) is 43.2 Å². The van der Waals surface area contributed by atoms with Gasteiger partial charge in [0.25, 0.3) is 0 Å². The van der Waals surface area contributed by atoms with Gasteiger partial charge in [-0.05, 0) is 54.8 Å². The maximum absolute atomic E-state index is 2.69. The second-order valence-corrected chi connectivity index (χ2v) is 7.56. The molecule has 1 aliphatic heterocycles. The average molecular weight is 318 g/mol. The van der Waals surface area contributed by atoms with Gasteiger partial charge in [-0.1, -0.05) is 31.0 Å². The molecule has 1 atom stereocenters. The van der Waals surface area contributed by atoms with E-state index in [1.165, 1.54) is 47.6 Å². The Bertz CT molecular complexity index is 533. The highest BCUT2D eigenvalue weighted by molar-refractivity contribution is 7.98. The molecule has 0 saturated carbocycles. The predicted molar refractivity (Wildman–Crippen MR) is 94.2 cm³/mol. The van der Waals surface area contributed by atoms with Crippen molar-refractivity contribution < 1.29 is 0 Å². The van der Waals surface area contributed by atoms with Crippen molar-refractivity contribution >= 4 is 23.1 Å². The van der Waals surface area contributed by atoms with E-state index in [2.05, 4.69) is 52.9 Å². The second-order valence-electron chi connectivity index (χ2n) is 5.70. The van der Waals surface area contributed by atoms with Crippen molar-refractivity contribution in [2.75, 3.05) is 12.8 Å². The fourth-order valence-corrected chi connectivity index (χ4v) is 4.43. The Morgan fingerprint density at radius 2 is 2.00 bits per heavy atom. The number of rotatable bonds is 4. The van der Waals surface area contributed by atoms with E-state index >= 15 is 0 Å². The van der Waals surface area contributed by atoms with Crippen LogP contribution in [0, 0.1) is 0 Å². The Morgan fingerprint density at radius 1 is 1.14 bits per heavy atom. The third-order valence-corrected chi connectivity index (χ3v) is 6.00. The van der Waals surface area contributed by atoms with E-state index in [-0.39, 0.29) is 0 Å². The SMILES string of the molecule is CSc1ccc(CN2CCCCC[C@@H]2c2cccs2)cc1. The third-order valence-electron chi connectivity index (χ3n) is 4.28. The number of hydrogen-bond acceptors (Lipinski definition) is 3. The molecule has 2 aromatic rings. The average Bonchev–Trinajstić information content (AvgIpc) is 2.96. The normalized spacial score (nSPS) is 20.3. The third kappa shape index (κ3) is 3.91. The van der Waals surface area contributed by atoms with E-state index in [1.54, 1.807) is 0 Å². The van der Waals surface area contributed by atoms with Crippen molar-refractivity contribution in [1.29, 1.82) is 0 Å². The zero-order valence-corrected chi connectivity index (χ0v) is 14.3. The standard InChI is InChI=1S/C18H23NS2/c1-20-16-10-8-15(9-11-16)14-19-12-4-2-3-6-17(19)18-7-5-13-21-18/h5,7-11,13,17H,2-4,6,12,14H2,1H3/t17-/m1/s1. The zero-order valence-electron chi connectivity index (χ0n) is 12.6. The summed E-state index contributed by atoms with van der Waals surface area (Å²) in [4.78, 5) is 5.58. The Morgan fingerprint density at radius 3 is 2.71 bits per heavy atom. The molecule has 1 aromatic heterocycles. The van der Waals surface area contributed by atoms with Gasteiger partial charge in [0.15, 0.2) is 0 Å². The summed E-state index contributed by atoms with van der Waals surface area (Å²) in [6, 6.07) is 14.2. The number of thiophene rings is 1. The van der Waals surface area contributed by atoms with Crippen molar-refractivity contribution in [1.82, 2.24) is 4.90 Å². The minimum Gasteiger partial charge on any atom is -0.291 e. The van der Waals surface area contributed by atoms with E-state index < -0.39 is 0 Å². The summed E-state index contributed by atoms with van der Waals surface area (Å²) in [5.74, 6) is 0. The highest BCUT2D eigenvalue weighted by atomic mass is 32.2. The molecule has 1 fully saturated rings. The van der Waals surface area contributed by atoms with Crippen LogP contribution < -0.4 is 0 Å². The summed E-state index contributed by atoms with van der Waals surface area (Å²) in [5.41, 5.74) is 1.44. The largest absolute Gasteiger partial charge is 0.291 e. The van der Waals surface area contributed by atoms with Gasteiger partial charge >= 0.3 is 0 Å². The molecule has 3 heteroatoms. The van der Waals surface area contributed by atoms with E-state index in [0.29, 0.717) is 6.04 Å². The van der Waals surface area contributed by atoms with Crippen LogP contribution in [0.3, 0.4) is 0 Å². The summed E-state index contributed by atoms with van der Waals surface area (Å²) in [6.45, 7) is 2.31. The van der Waals surface area contributed by atoms with Gasteiger partial charge in [-0.3, -0.25) is 4.90 Å². The molecule has 0 bridgehead atoms. The van der Waals surface area contributed by atoms with Crippen LogP contribution in [-0.4, -0.2) is 17.7 Å². The summed E-state index contributed by atoms with van der Waals surface area (Å²) in [7, 11) is 0. The Kier molecular flexibility index (Phi) is 5.39.